The van der Waals surface area contributed by atoms with Crippen LogP contribution in [0.1, 0.15) is 28.8 Å². The van der Waals surface area contributed by atoms with E-state index in [0.29, 0.717) is 17.8 Å². The van der Waals surface area contributed by atoms with Crippen LogP contribution in [0.5, 0.6) is 0 Å². The van der Waals surface area contributed by atoms with E-state index in [4.69, 9.17) is 5.26 Å². The van der Waals surface area contributed by atoms with Crippen molar-refractivity contribution >= 4 is 5.91 Å². The lowest BCUT2D eigenvalue weighted by molar-refractivity contribution is 0.0764. The molecule has 6 nitrogen and oxygen atoms in total. The minimum absolute atomic E-state index is 0.130. The third-order valence-electron chi connectivity index (χ3n) is 3.68. The second-order valence-electron chi connectivity index (χ2n) is 5.12. The number of benzene rings is 1. The first-order valence-electron chi connectivity index (χ1n) is 6.88. The van der Waals surface area contributed by atoms with Crippen molar-refractivity contribution in [2.75, 3.05) is 6.54 Å². The summed E-state index contributed by atoms with van der Waals surface area (Å²) in [6, 6.07) is 7.44. The molecule has 1 unspecified atom stereocenters. The van der Waals surface area contributed by atoms with Crippen molar-refractivity contribution in [1.29, 1.82) is 5.26 Å². The molecule has 0 bridgehead atoms. The molecular formula is C15H15N5O. The first-order valence-corrected chi connectivity index (χ1v) is 6.88. The topological polar surface area (TPSA) is 74.8 Å². The van der Waals surface area contributed by atoms with Crippen LogP contribution in [0.15, 0.2) is 30.6 Å². The van der Waals surface area contributed by atoms with E-state index in [9.17, 15) is 4.79 Å². The lowest BCUT2D eigenvalue weighted by Crippen LogP contribution is -2.35. The minimum atomic E-state index is -0.337. The highest BCUT2D eigenvalue weighted by Gasteiger charge is 2.30. The van der Waals surface area contributed by atoms with Crippen LogP contribution in [-0.2, 0) is 0 Å². The summed E-state index contributed by atoms with van der Waals surface area (Å²) in [6.07, 6.45) is 4.75. The number of carbonyl (C=O) groups is 1. The molecule has 1 aromatic heterocycles. The average Bonchev–Trinajstić information content (AvgIpc) is 3.17. The molecule has 1 aliphatic heterocycles. The van der Waals surface area contributed by atoms with Gasteiger partial charge in [0.1, 0.15) is 6.04 Å². The lowest BCUT2D eigenvalue weighted by Gasteiger charge is -2.21. The molecule has 1 saturated heterocycles. The summed E-state index contributed by atoms with van der Waals surface area (Å²) in [5, 5.41) is 17.4. The molecule has 1 aromatic carbocycles. The highest BCUT2D eigenvalue weighted by Crippen LogP contribution is 2.23. The summed E-state index contributed by atoms with van der Waals surface area (Å²) >= 11 is 0. The molecule has 0 aliphatic carbocycles. The van der Waals surface area contributed by atoms with Gasteiger partial charge in [0.15, 0.2) is 0 Å². The highest BCUT2D eigenvalue weighted by atomic mass is 16.2. The van der Waals surface area contributed by atoms with Crippen molar-refractivity contribution in [3.05, 3.63) is 41.7 Å². The van der Waals surface area contributed by atoms with Gasteiger partial charge in [-0.1, -0.05) is 11.6 Å². The Kier molecular flexibility index (Phi) is 3.40. The molecule has 2 heterocycles. The summed E-state index contributed by atoms with van der Waals surface area (Å²) in [7, 11) is 0. The largest absolute Gasteiger partial charge is 0.323 e. The normalized spacial score (nSPS) is 17.7. The summed E-state index contributed by atoms with van der Waals surface area (Å²) in [5.74, 6) is -0.130. The monoisotopic (exact) mass is 281 g/mol. The molecular weight excluding hydrogens is 266 g/mol. The third kappa shape index (κ3) is 2.38. The molecule has 106 valence electrons. The molecule has 0 saturated carbocycles. The van der Waals surface area contributed by atoms with Gasteiger partial charge in [-0.15, -0.1) is 0 Å². The Hall–Kier alpha value is -2.68. The SMILES string of the molecule is Cc1ccc(-n2nccn2)c(C(=O)N2CCCC2C#N)c1. The Morgan fingerprint density at radius 2 is 2.14 bits per heavy atom. The van der Waals surface area contributed by atoms with Crippen LogP contribution < -0.4 is 0 Å². The predicted octanol–water partition coefficient (Wildman–Crippen LogP) is 1.70. The fourth-order valence-electron chi connectivity index (χ4n) is 2.63. The first-order chi connectivity index (χ1) is 10.2. The molecule has 2 aromatic rings. The van der Waals surface area contributed by atoms with Gasteiger partial charge in [-0.25, -0.2) is 0 Å². The van der Waals surface area contributed by atoms with Gasteiger partial charge in [0.05, 0.1) is 29.7 Å². The van der Waals surface area contributed by atoms with Gasteiger partial charge in [0.25, 0.3) is 5.91 Å². The van der Waals surface area contributed by atoms with Crippen molar-refractivity contribution < 1.29 is 4.79 Å². The molecule has 21 heavy (non-hydrogen) atoms. The van der Waals surface area contributed by atoms with E-state index < -0.39 is 0 Å². The number of nitriles is 1. The van der Waals surface area contributed by atoms with Gasteiger partial charge >= 0.3 is 0 Å². The smallest absolute Gasteiger partial charge is 0.257 e. The predicted molar refractivity (Wildman–Crippen MR) is 75.8 cm³/mol. The van der Waals surface area contributed by atoms with Crippen molar-refractivity contribution in [2.45, 2.75) is 25.8 Å². The number of aromatic nitrogens is 3. The second kappa shape index (κ2) is 5.37. The molecule has 3 rings (SSSR count). The quantitative estimate of drug-likeness (QED) is 0.839. The molecule has 1 fully saturated rings. The van der Waals surface area contributed by atoms with Crippen LogP contribution in [-0.4, -0.2) is 38.4 Å². The third-order valence-corrected chi connectivity index (χ3v) is 3.68. The highest BCUT2D eigenvalue weighted by molar-refractivity contribution is 5.98. The van der Waals surface area contributed by atoms with E-state index in [2.05, 4.69) is 16.3 Å². The van der Waals surface area contributed by atoms with Crippen LogP contribution in [0.3, 0.4) is 0 Å². The maximum Gasteiger partial charge on any atom is 0.257 e. The van der Waals surface area contributed by atoms with E-state index >= 15 is 0 Å². The molecule has 0 radical (unpaired) electrons. The molecule has 0 N–H and O–H groups in total. The maximum atomic E-state index is 12.8. The molecule has 6 heteroatoms. The Labute approximate surface area is 122 Å². The van der Waals surface area contributed by atoms with E-state index in [1.165, 1.54) is 4.80 Å². The van der Waals surface area contributed by atoms with Crippen molar-refractivity contribution in [3.8, 4) is 11.8 Å². The average molecular weight is 281 g/mol. The Morgan fingerprint density at radius 3 is 2.86 bits per heavy atom. The van der Waals surface area contributed by atoms with Crippen molar-refractivity contribution in [3.63, 3.8) is 0 Å². The number of hydrogen-bond acceptors (Lipinski definition) is 4. The van der Waals surface area contributed by atoms with E-state index in [-0.39, 0.29) is 11.9 Å². The van der Waals surface area contributed by atoms with Crippen LogP contribution in [0.25, 0.3) is 5.69 Å². The van der Waals surface area contributed by atoms with E-state index in [1.54, 1.807) is 17.3 Å². The number of aryl methyl sites for hydroxylation is 1. The minimum Gasteiger partial charge on any atom is -0.323 e. The molecule has 1 atom stereocenters. The number of carbonyl (C=O) groups excluding carboxylic acids is 1. The summed E-state index contributed by atoms with van der Waals surface area (Å²) in [6.45, 7) is 2.56. The van der Waals surface area contributed by atoms with Gasteiger partial charge in [-0.2, -0.15) is 20.3 Å². The van der Waals surface area contributed by atoms with Gasteiger partial charge < -0.3 is 4.90 Å². The van der Waals surface area contributed by atoms with Crippen LogP contribution in [0.4, 0.5) is 0 Å². The number of amides is 1. The van der Waals surface area contributed by atoms with Gasteiger partial charge in [0, 0.05) is 6.54 Å². The Morgan fingerprint density at radius 1 is 1.38 bits per heavy atom. The van der Waals surface area contributed by atoms with Crippen molar-refractivity contribution in [2.24, 2.45) is 0 Å². The number of likely N-dealkylation sites (tertiary alicyclic amines) is 1. The fourth-order valence-corrected chi connectivity index (χ4v) is 2.63. The first kappa shape index (κ1) is 13.3. The van der Waals surface area contributed by atoms with Gasteiger partial charge in [-0.05, 0) is 31.9 Å². The zero-order valence-electron chi connectivity index (χ0n) is 11.7. The fraction of sp³-hybridized carbons (Fsp3) is 0.333. The number of nitrogens with zero attached hydrogens (tertiary/aromatic N) is 5. The van der Waals surface area contributed by atoms with Crippen LogP contribution in [0, 0.1) is 18.3 Å². The van der Waals surface area contributed by atoms with Gasteiger partial charge in [0.2, 0.25) is 0 Å². The van der Waals surface area contributed by atoms with E-state index in [0.717, 1.165) is 18.4 Å². The Balaban J connectivity index is 2.03. The summed E-state index contributed by atoms with van der Waals surface area (Å²) in [5.41, 5.74) is 2.16. The summed E-state index contributed by atoms with van der Waals surface area (Å²) < 4.78 is 0. The van der Waals surface area contributed by atoms with Crippen LogP contribution in [0.2, 0.25) is 0 Å². The molecule has 1 aliphatic rings. The van der Waals surface area contributed by atoms with Gasteiger partial charge in [-0.3, -0.25) is 4.79 Å². The lowest BCUT2D eigenvalue weighted by atomic mass is 10.1. The summed E-state index contributed by atoms with van der Waals surface area (Å²) in [4.78, 5) is 15.9. The van der Waals surface area contributed by atoms with Crippen LogP contribution >= 0.6 is 0 Å². The Bertz CT molecular complexity index is 701. The van der Waals surface area contributed by atoms with E-state index in [1.807, 2.05) is 25.1 Å². The number of hydrogen-bond donors (Lipinski definition) is 0. The second-order valence-corrected chi connectivity index (χ2v) is 5.12. The maximum absolute atomic E-state index is 12.8. The molecule has 0 spiro atoms. The van der Waals surface area contributed by atoms with Crippen molar-refractivity contribution in [1.82, 2.24) is 19.9 Å². The zero-order chi connectivity index (χ0) is 14.8. The zero-order valence-corrected chi connectivity index (χ0v) is 11.7. The number of rotatable bonds is 2. The molecule has 1 amide bonds. The standard InChI is InChI=1S/C15H15N5O/c1-11-4-5-14(20-17-6-7-18-20)13(9-11)15(21)19-8-2-3-12(19)10-16/h4-7,9,12H,2-3,8H2,1H3.